The fourth-order valence-corrected chi connectivity index (χ4v) is 2.75. The number of carbonyl (C=O) groups is 2. The van der Waals surface area contributed by atoms with E-state index in [1.165, 1.54) is 6.20 Å². The number of pyridine rings is 1. The highest BCUT2D eigenvalue weighted by Crippen LogP contribution is 2.26. The van der Waals surface area contributed by atoms with Crippen LogP contribution in [0.25, 0.3) is 0 Å². The van der Waals surface area contributed by atoms with Crippen LogP contribution in [0.2, 0.25) is 0 Å². The highest BCUT2D eigenvalue weighted by atomic mass is 16.4. The van der Waals surface area contributed by atoms with Gasteiger partial charge in [0.15, 0.2) is 0 Å². The van der Waals surface area contributed by atoms with E-state index in [1.807, 2.05) is 6.07 Å². The molecule has 0 atom stereocenters. The standard InChI is InChI=1S/C16H15N3O3/c17-15(20)10-2-1-3-12(6-10)19-5-4-13-11(9-19)7-18-8-14(13)16(21)22/h1-3,6-8H,4-5,9H2,(H2,17,20)(H,21,22). The summed E-state index contributed by atoms with van der Waals surface area (Å²) in [6, 6.07) is 7.12. The number of aromatic nitrogens is 1. The maximum absolute atomic E-state index is 11.3. The molecule has 3 rings (SSSR count). The van der Waals surface area contributed by atoms with Crippen LogP contribution in [0.3, 0.4) is 0 Å². The van der Waals surface area contributed by atoms with Crippen molar-refractivity contribution in [3.8, 4) is 0 Å². The van der Waals surface area contributed by atoms with Gasteiger partial charge in [0.25, 0.3) is 0 Å². The van der Waals surface area contributed by atoms with Crippen molar-refractivity contribution < 1.29 is 14.7 Å². The van der Waals surface area contributed by atoms with Gasteiger partial charge in [0.05, 0.1) is 5.56 Å². The van der Waals surface area contributed by atoms with Crippen molar-refractivity contribution in [1.29, 1.82) is 0 Å². The average molecular weight is 297 g/mol. The Labute approximate surface area is 127 Å². The number of anilines is 1. The average Bonchev–Trinajstić information content (AvgIpc) is 2.53. The van der Waals surface area contributed by atoms with Gasteiger partial charge in [-0.1, -0.05) is 6.07 Å². The molecular formula is C16H15N3O3. The van der Waals surface area contributed by atoms with E-state index < -0.39 is 11.9 Å². The van der Waals surface area contributed by atoms with Crippen LogP contribution >= 0.6 is 0 Å². The smallest absolute Gasteiger partial charge is 0.337 e. The molecule has 0 fully saturated rings. The minimum absolute atomic E-state index is 0.267. The molecule has 0 radical (unpaired) electrons. The number of carbonyl (C=O) groups excluding carboxylic acids is 1. The van der Waals surface area contributed by atoms with E-state index in [4.69, 9.17) is 5.73 Å². The van der Waals surface area contributed by atoms with Crippen LogP contribution < -0.4 is 10.6 Å². The molecule has 0 aliphatic carbocycles. The number of nitrogens with two attached hydrogens (primary N) is 1. The SMILES string of the molecule is NC(=O)c1cccc(N2CCc3c(cncc3C(=O)O)C2)c1. The number of hydrogen-bond acceptors (Lipinski definition) is 4. The monoisotopic (exact) mass is 297 g/mol. The highest BCUT2D eigenvalue weighted by molar-refractivity contribution is 5.93. The fraction of sp³-hybridized carbons (Fsp3) is 0.188. The number of primary amides is 1. The van der Waals surface area contributed by atoms with Crippen molar-refractivity contribution in [1.82, 2.24) is 4.98 Å². The van der Waals surface area contributed by atoms with Gasteiger partial charge < -0.3 is 15.7 Å². The summed E-state index contributed by atoms with van der Waals surface area (Å²) in [4.78, 5) is 28.6. The Morgan fingerprint density at radius 2 is 2.09 bits per heavy atom. The third-order valence-electron chi connectivity index (χ3n) is 3.87. The molecule has 1 amide bonds. The normalized spacial score (nSPS) is 13.5. The van der Waals surface area contributed by atoms with Gasteiger partial charge in [0.2, 0.25) is 5.91 Å². The Morgan fingerprint density at radius 1 is 1.27 bits per heavy atom. The molecule has 1 aromatic carbocycles. The molecule has 0 unspecified atom stereocenters. The van der Waals surface area contributed by atoms with Crippen LogP contribution in [0.5, 0.6) is 0 Å². The van der Waals surface area contributed by atoms with Gasteiger partial charge in [-0.15, -0.1) is 0 Å². The molecular weight excluding hydrogens is 282 g/mol. The summed E-state index contributed by atoms with van der Waals surface area (Å²) in [6.45, 7) is 1.24. The number of rotatable bonds is 3. The largest absolute Gasteiger partial charge is 0.478 e. The lowest BCUT2D eigenvalue weighted by Gasteiger charge is -2.31. The van der Waals surface area contributed by atoms with Crippen LogP contribution in [0.15, 0.2) is 36.7 Å². The number of hydrogen-bond donors (Lipinski definition) is 2. The molecule has 2 aromatic rings. The third kappa shape index (κ3) is 2.50. The first-order chi connectivity index (χ1) is 10.6. The Morgan fingerprint density at radius 3 is 2.82 bits per heavy atom. The second-order valence-corrected chi connectivity index (χ2v) is 5.22. The molecule has 22 heavy (non-hydrogen) atoms. The molecule has 6 heteroatoms. The van der Waals surface area contributed by atoms with Crippen LogP contribution in [-0.4, -0.2) is 28.5 Å². The van der Waals surface area contributed by atoms with E-state index in [1.54, 1.807) is 24.4 Å². The van der Waals surface area contributed by atoms with Crippen molar-refractivity contribution >= 4 is 17.6 Å². The summed E-state index contributed by atoms with van der Waals surface area (Å²) in [7, 11) is 0. The molecule has 6 nitrogen and oxygen atoms in total. The first kappa shape index (κ1) is 14.1. The predicted molar refractivity (Wildman–Crippen MR) is 80.9 cm³/mol. The van der Waals surface area contributed by atoms with Crippen molar-refractivity contribution in [3.05, 3.63) is 58.9 Å². The van der Waals surface area contributed by atoms with Gasteiger partial charge in [0.1, 0.15) is 0 Å². The second kappa shape index (κ2) is 5.48. The topological polar surface area (TPSA) is 96.5 Å². The van der Waals surface area contributed by atoms with Crippen LogP contribution in [0.4, 0.5) is 5.69 Å². The zero-order valence-electron chi connectivity index (χ0n) is 11.8. The lowest BCUT2D eigenvalue weighted by molar-refractivity contribution is 0.0694. The lowest BCUT2D eigenvalue weighted by Crippen LogP contribution is -2.31. The number of carboxylic acid groups (broad SMARTS) is 1. The van der Waals surface area contributed by atoms with Crippen molar-refractivity contribution in [2.45, 2.75) is 13.0 Å². The molecule has 0 saturated heterocycles. The van der Waals surface area contributed by atoms with Gasteiger partial charge in [0, 0.05) is 36.7 Å². The summed E-state index contributed by atoms with van der Waals surface area (Å²) in [5, 5.41) is 9.22. The molecule has 3 N–H and O–H groups in total. The zero-order chi connectivity index (χ0) is 15.7. The Bertz CT molecular complexity index is 758. The molecule has 1 aromatic heterocycles. The maximum atomic E-state index is 11.3. The predicted octanol–water partition coefficient (Wildman–Crippen LogP) is 1.44. The molecule has 112 valence electrons. The summed E-state index contributed by atoms with van der Waals surface area (Å²) in [6.07, 6.45) is 3.72. The summed E-state index contributed by atoms with van der Waals surface area (Å²) < 4.78 is 0. The fourth-order valence-electron chi connectivity index (χ4n) is 2.75. The summed E-state index contributed by atoms with van der Waals surface area (Å²) in [5.74, 6) is -1.41. The minimum Gasteiger partial charge on any atom is -0.478 e. The van der Waals surface area contributed by atoms with Crippen molar-refractivity contribution in [2.24, 2.45) is 5.73 Å². The maximum Gasteiger partial charge on any atom is 0.337 e. The Balaban J connectivity index is 1.92. The quantitative estimate of drug-likeness (QED) is 0.893. The first-order valence-electron chi connectivity index (χ1n) is 6.90. The number of fused-ring (bicyclic) bond motifs is 1. The number of amides is 1. The lowest BCUT2D eigenvalue weighted by atomic mass is 9.96. The van der Waals surface area contributed by atoms with Gasteiger partial charge in [-0.05, 0) is 35.7 Å². The number of carboxylic acids is 1. The van der Waals surface area contributed by atoms with E-state index in [0.29, 0.717) is 25.1 Å². The van der Waals surface area contributed by atoms with Gasteiger partial charge in [-0.2, -0.15) is 0 Å². The summed E-state index contributed by atoms with van der Waals surface area (Å²) in [5.41, 5.74) is 8.66. The molecule has 1 aliphatic rings. The Hall–Kier alpha value is -2.89. The summed E-state index contributed by atoms with van der Waals surface area (Å²) >= 11 is 0. The molecule has 0 spiro atoms. The van der Waals surface area contributed by atoms with E-state index in [9.17, 15) is 14.7 Å². The second-order valence-electron chi connectivity index (χ2n) is 5.22. The van der Waals surface area contributed by atoms with Gasteiger partial charge in [-0.3, -0.25) is 9.78 Å². The Kier molecular flexibility index (Phi) is 3.50. The minimum atomic E-state index is -0.950. The van der Waals surface area contributed by atoms with Gasteiger partial charge >= 0.3 is 5.97 Å². The van der Waals surface area contributed by atoms with Crippen LogP contribution in [0.1, 0.15) is 31.8 Å². The van der Waals surface area contributed by atoms with Crippen molar-refractivity contribution in [2.75, 3.05) is 11.4 Å². The molecule has 2 heterocycles. The number of nitrogens with zero attached hydrogens (tertiary/aromatic N) is 2. The molecule has 1 aliphatic heterocycles. The molecule has 0 bridgehead atoms. The van der Waals surface area contributed by atoms with E-state index in [2.05, 4.69) is 9.88 Å². The number of aromatic carboxylic acids is 1. The van der Waals surface area contributed by atoms with Crippen molar-refractivity contribution in [3.63, 3.8) is 0 Å². The third-order valence-corrected chi connectivity index (χ3v) is 3.87. The highest BCUT2D eigenvalue weighted by Gasteiger charge is 2.22. The van der Waals surface area contributed by atoms with Gasteiger partial charge in [-0.25, -0.2) is 4.79 Å². The van der Waals surface area contributed by atoms with Crippen LogP contribution in [0, 0.1) is 0 Å². The zero-order valence-corrected chi connectivity index (χ0v) is 11.8. The van der Waals surface area contributed by atoms with Crippen LogP contribution in [-0.2, 0) is 13.0 Å². The number of benzene rings is 1. The first-order valence-corrected chi connectivity index (χ1v) is 6.90. The van der Waals surface area contributed by atoms with E-state index in [-0.39, 0.29) is 5.56 Å². The molecule has 0 saturated carbocycles. The van der Waals surface area contributed by atoms with E-state index >= 15 is 0 Å². The van der Waals surface area contributed by atoms with E-state index in [0.717, 1.165) is 16.8 Å².